The van der Waals surface area contributed by atoms with Crippen molar-refractivity contribution in [2.75, 3.05) is 13.6 Å². The molecule has 0 aliphatic rings. The monoisotopic (exact) mass is 276 g/mol. The third-order valence-electron chi connectivity index (χ3n) is 2.76. The number of carboxylic acid groups (broad SMARTS) is 1. The van der Waals surface area contributed by atoms with Gasteiger partial charge in [0, 0.05) is 19.2 Å². The van der Waals surface area contributed by atoms with Crippen molar-refractivity contribution in [1.29, 1.82) is 5.26 Å². The molecule has 106 valence electrons. The van der Waals surface area contributed by atoms with Crippen LogP contribution in [0.15, 0.2) is 24.3 Å². The molecule has 0 saturated heterocycles. The van der Waals surface area contributed by atoms with Gasteiger partial charge >= 0.3 is 5.97 Å². The number of hydrogen-bond donors (Lipinski definition) is 1. The lowest BCUT2D eigenvalue weighted by Gasteiger charge is -2.19. The van der Waals surface area contributed by atoms with Crippen LogP contribution in [0.3, 0.4) is 0 Å². The van der Waals surface area contributed by atoms with Gasteiger partial charge in [-0.05, 0) is 43.3 Å². The van der Waals surface area contributed by atoms with Gasteiger partial charge in [0.15, 0.2) is 0 Å². The van der Waals surface area contributed by atoms with E-state index < -0.39 is 11.8 Å². The van der Waals surface area contributed by atoms with E-state index in [0.29, 0.717) is 18.7 Å². The van der Waals surface area contributed by atoms with Crippen molar-refractivity contribution >= 4 is 12.0 Å². The second-order valence-corrected chi connectivity index (χ2v) is 4.74. The highest BCUT2D eigenvalue weighted by atomic mass is 19.1. The fraction of sp³-hybridized carbons (Fsp3) is 0.333. The first-order chi connectivity index (χ1) is 9.42. The SMILES string of the molecule is CC(C#N)CN(C)Cc1ccc(F)cc1C=CC(=O)O. The number of carboxylic acids is 1. The normalized spacial score (nSPS) is 12.6. The molecule has 0 spiro atoms. The van der Waals surface area contributed by atoms with E-state index >= 15 is 0 Å². The Hall–Kier alpha value is -2.19. The Morgan fingerprint density at radius 3 is 2.90 bits per heavy atom. The van der Waals surface area contributed by atoms with Gasteiger partial charge in [0.1, 0.15) is 5.82 Å². The highest BCUT2D eigenvalue weighted by Gasteiger charge is 2.09. The third-order valence-corrected chi connectivity index (χ3v) is 2.76. The van der Waals surface area contributed by atoms with Crippen LogP contribution in [0.2, 0.25) is 0 Å². The molecule has 0 aromatic heterocycles. The van der Waals surface area contributed by atoms with Gasteiger partial charge in [0.25, 0.3) is 0 Å². The summed E-state index contributed by atoms with van der Waals surface area (Å²) in [5.41, 5.74) is 1.35. The van der Waals surface area contributed by atoms with E-state index in [4.69, 9.17) is 10.4 Å². The minimum Gasteiger partial charge on any atom is -0.478 e. The van der Waals surface area contributed by atoms with Crippen LogP contribution >= 0.6 is 0 Å². The van der Waals surface area contributed by atoms with E-state index in [1.165, 1.54) is 18.2 Å². The second-order valence-electron chi connectivity index (χ2n) is 4.74. The van der Waals surface area contributed by atoms with E-state index in [1.807, 2.05) is 18.9 Å². The largest absolute Gasteiger partial charge is 0.478 e. The molecule has 1 rings (SSSR count). The molecule has 20 heavy (non-hydrogen) atoms. The van der Waals surface area contributed by atoms with Crippen LogP contribution in [0.5, 0.6) is 0 Å². The maximum absolute atomic E-state index is 13.2. The topological polar surface area (TPSA) is 64.3 Å². The van der Waals surface area contributed by atoms with Crippen LogP contribution in [-0.2, 0) is 11.3 Å². The smallest absolute Gasteiger partial charge is 0.328 e. The van der Waals surface area contributed by atoms with E-state index in [-0.39, 0.29) is 5.92 Å². The molecular formula is C15H17FN2O2. The molecule has 0 radical (unpaired) electrons. The minimum atomic E-state index is -1.08. The van der Waals surface area contributed by atoms with Crippen molar-refractivity contribution in [2.45, 2.75) is 13.5 Å². The Labute approximate surface area is 117 Å². The van der Waals surface area contributed by atoms with E-state index in [2.05, 4.69) is 6.07 Å². The van der Waals surface area contributed by atoms with Gasteiger partial charge in [-0.1, -0.05) is 6.07 Å². The van der Waals surface area contributed by atoms with Gasteiger partial charge in [-0.2, -0.15) is 5.26 Å². The van der Waals surface area contributed by atoms with Crippen LogP contribution < -0.4 is 0 Å². The van der Waals surface area contributed by atoms with E-state index in [9.17, 15) is 9.18 Å². The summed E-state index contributed by atoms with van der Waals surface area (Å²) in [5.74, 6) is -1.59. The van der Waals surface area contributed by atoms with Crippen molar-refractivity contribution in [1.82, 2.24) is 4.90 Å². The fourth-order valence-corrected chi connectivity index (χ4v) is 1.89. The van der Waals surface area contributed by atoms with E-state index in [1.54, 1.807) is 6.07 Å². The zero-order valence-electron chi connectivity index (χ0n) is 11.5. The summed E-state index contributed by atoms with van der Waals surface area (Å²) in [4.78, 5) is 12.5. The lowest BCUT2D eigenvalue weighted by atomic mass is 10.1. The fourth-order valence-electron chi connectivity index (χ4n) is 1.89. The average molecular weight is 276 g/mol. The quantitative estimate of drug-likeness (QED) is 0.811. The highest BCUT2D eigenvalue weighted by molar-refractivity contribution is 5.85. The Morgan fingerprint density at radius 1 is 1.60 bits per heavy atom. The first-order valence-corrected chi connectivity index (χ1v) is 6.20. The lowest BCUT2D eigenvalue weighted by Crippen LogP contribution is -2.23. The minimum absolute atomic E-state index is 0.0986. The Morgan fingerprint density at radius 2 is 2.30 bits per heavy atom. The molecule has 1 N–H and O–H groups in total. The molecule has 0 fully saturated rings. The predicted molar refractivity (Wildman–Crippen MR) is 74.2 cm³/mol. The molecule has 0 amide bonds. The van der Waals surface area contributed by atoms with Gasteiger partial charge < -0.3 is 10.0 Å². The number of aliphatic carboxylic acids is 1. The molecule has 0 aliphatic heterocycles. The number of hydrogen-bond acceptors (Lipinski definition) is 3. The highest BCUT2D eigenvalue weighted by Crippen LogP contribution is 2.15. The van der Waals surface area contributed by atoms with Crippen LogP contribution in [-0.4, -0.2) is 29.6 Å². The zero-order chi connectivity index (χ0) is 15.1. The summed E-state index contributed by atoms with van der Waals surface area (Å²) < 4.78 is 13.2. The molecule has 5 heteroatoms. The zero-order valence-corrected chi connectivity index (χ0v) is 11.5. The number of benzene rings is 1. The molecule has 4 nitrogen and oxygen atoms in total. The summed E-state index contributed by atoms with van der Waals surface area (Å²) in [6.45, 7) is 2.94. The van der Waals surface area contributed by atoms with Crippen molar-refractivity contribution in [2.24, 2.45) is 5.92 Å². The van der Waals surface area contributed by atoms with Gasteiger partial charge in [0.05, 0.1) is 12.0 Å². The average Bonchev–Trinajstić information content (AvgIpc) is 2.38. The van der Waals surface area contributed by atoms with Crippen LogP contribution in [0.4, 0.5) is 4.39 Å². The van der Waals surface area contributed by atoms with Crippen LogP contribution in [0, 0.1) is 23.1 Å². The summed E-state index contributed by atoms with van der Waals surface area (Å²) in [5, 5.41) is 17.4. The van der Waals surface area contributed by atoms with Crippen molar-refractivity contribution in [3.05, 3.63) is 41.2 Å². The lowest BCUT2D eigenvalue weighted by molar-refractivity contribution is -0.131. The van der Waals surface area contributed by atoms with Gasteiger partial charge in [-0.25, -0.2) is 9.18 Å². The molecule has 1 aromatic rings. The molecule has 0 aliphatic carbocycles. The number of nitriles is 1. The standard InChI is InChI=1S/C15H17FN2O2/c1-11(8-17)9-18(2)10-13-3-5-14(16)7-12(13)4-6-15(19)20/h3-7,11H,9-10H2,1-2H3,(H,19,20). The molecule has 0 saturated carbocycles. The van der Waals surface area contributed by atoms with E-state index in [0.717, 1.165) is 11.6 Å². The van der Waals surface area contributed by atoms with Gasteiger partial charge in [0.2, 0.25) is 0 Å². The first kappa shape index (κ1) is 15.9. The Balaban J connectivity index is 2.89. The number of carbonyl (C=O) groups is 1. The van der Waals surface area contributed by atoms with Crippen molar-refractivity contribution in [3.63, 3.8) is 0 Å². The predicted octanol–water partition coefficient (Wildman–Crippen LogP) is 2.51. The van der Waals surface area contributed by atoms with Gasteiger partial charge in [-0.3, -0.25) is 0 Å². The maximum Gasteiger partial charge on any atom is 0.328 e. The summed E-state index contributed by atoms with van der Waals surface area (Å²) >= 11 is 0. The third kappa shape index (κ3) is 5.21. The number of rotatable bonds is 6. The molecule has 1 unspecified atom stereocenters. The first-order valence-electron chi connectivity index (χ1n) is 6.20. The molecule has 0 bridgehead atoms. The summed E-state index contributed by atoms with van der Waals surface area (Å²) in [6.07, 6.45) is 2.36. The molecule has 1 atom stereocenters. The van der Waals surface area contributed by atoms with Crippen molar-refractivity contribution in [3.8, 4) is 6.07 Å². The Bertz CT molecular complexity index is 549. The Kier molecular flexibility index (Phi) is 5.88. The number of nitrogens with zero attached hydrogens (tertiary/aromatic N) is 2. The summed E-state index contributed by atoms with van der Waals surface area (Å²) in [6, 6.07) is 6.43. The van der Waals surface area contributed by atoms with Gasteiger partial charge in [-0.15, -0.1) is 0 Å². The molecule has 0 heterocycles. The second kappa shape index (κ2) is 7.41. The number of halogens is 1. The van der Waals surface area contributed by atoms with Crippen LogP contribution in [0.25, 0.3) is 6.08 Å². The summed E-state index contributed by atoms with van der Waals surface area (Å²) in [7, 11) is 1.86. The van der Waals surface area contributed by atoms with Crippen molar-refractivity contribution < 1.29 is 14.3 Å². The molecular weight excluding hydrogens is 259 g/mol. The molecule has 1 aromatic carbocycles. The van der Waals surface area contributed by atoms with Crippen LogP contribution in [0.1, 0.15) is 18.1 Å². The maximum atomic E-state index is 13.2.